The van der Waals surface area contributed by atoms with Crippen LogP contribution in [0.25, 0.3) is 0 Å². The van der Waals surface area contributed by atoms with E-state index >= 15 is 0 Å². The maximum atomic E-state index is 13.1. The highest BCUT2D eigenvalue weighted by Crippen LogP contribution is 2.53. The number of primary amides is 1. The van der Waals surface area contributed by atoms with Crippen LogP contribution in [0.3, 0.4) is 0 Å². The Kier molecular flexibility index (Phi) is 5.99. The van der Waals surface area contributed by atoms with Crippen molar-refractivity contribution in [2.24, 2.45) is 17.6 Å². The fraction of sp³-hybridized carbons (Fsp3) is 0.462. The quantitative estimate of drug-likeness (QED) is 0.156. The molecule has 0 radical (unpaired) electrons. The average molecular weight is 527 g/mol. The Bertz CT molecular complexity index is 1340. The van der Waals surface area contributed by atoms with Crippen LogP contribution < -0.4 is 16.4 Å². The third-order valence-electron chi connectivity index (χ3n) is 8.11. The summed E-state index contributed by atoms with van der Waals surface area (Å²) in [6.45, 7) is 0. The molecule has 38 heavy (non-hydrogen) atoms. The van der Waals surface area contributed by atoms with Crippen molar-refractivity contribution in [3.05, 3.63) is 45.9 Å². The number of allylic oxidation sites excluding steroid dienone is 1. The number of carbonyl (C=O) groups is 4. The molecule has 1 saturated carbocycles. The number of Topliss-reactive ketones (excluding diaryl/α,β-unsaturated/α-hetero) is 1. The first-order valence-corrected chi connectivity index (χ1v) is 12.4. The third-order valence-corrected chi connectivity index (χ3v) is 8.11. The number of aliphatic hydroxyl groups is 3. The number of nitrogens with one attached hydrogen (secondary N) is 2. The van der Waals surface area contributed by atoms with Crippen LogP contribution in [0.1, 0.15) is 30.4 Å². The van der Waals surface area contributed by atoms with Crippen LogP contribution in [0.15, 0.2) is 34.8 Å². The van der Waals surface area contributed by atoms with Crippen molar-refractivity contribution in [1.82, 2.24) is 10.2 Å². The molecule has 4 aliphatic rings. The van der Waals surface area contributed by atoms with E-state index in [1.807, 2.05) is 0 Å². The minimum Gasteiger partial charge on any atom is -0.509 e. The summed E-state index contributed by atoms with van der Waals surface area (Å²) in [7, 11) is 3.18. The van der Waals surface area contributed by atoms with E-state index in [1.165, 1.54) is 11.0 Å². The van der Waals surface area contributed by atoms with Crippen LogP contribution in [0, 0.1) is 11.8 Å². The van der Waals surface area contributed by atoms with Gasteiger partial charge in [-0.2, -0.15) is 0 Å². The number of fused-ring (bicyclic) bond motifs is 3. The van der Waals surface area contributed by atoms with Gasteiger partial charge in [0.05, 0.1) is 11.7 Å². The summed E-state index contributed by atoms with van der Waals surface area (Å²) in [5, 5.41) is 49.9. The van der Waals surface area contributed by atoms with Gasteiger partial charge in [-0.1, -0.05) is 6.07 Å². The lowest BCUT2D eigenvalue weighted by Gasteiger charge is -2.50. The second kappa shape index (κ2) is 8.84. The first-order valence-electron chi connectivity index (χ1n) is 12.4. The molecule has 3 unspecified atom stereocenters. The molecule has 0 spiro atoms. The molecule has 12 heteroatoms. The molecule has 1 fully saturated rings. The van der Waals surface area contributed by atoms with Crippen molar-refractivity contribution in [2.45, 2.75) is 49.8 Å². The predicted molar refractivity (Wildman–Crippen MR) is 133 cm³/mol. The summed E-state index contributed by atoms with van der Waals surface area (Å²) >= 11 is 0. The Morgan fingerprint density at radius 1 is 1.08 bits per heavy atom. The van der Waals surface area contributed by atoms with Crippen LogP contribution in [-0.4, -0.2) is 80.6 Å². The number of carbonyl (C=O) groups excluding carboxylic acids is 4. The molecular formula is C26H30N4O8. The lowest BCUT2D eigenvalue weighted by molar-refractivity contribution is -0.136. The van der Waals surface area contributed by atoms with Gasteiger partial charge >= 0.3 is 11.8 Å². The number of phenolic OH excluding ortho intramolecular Hbond substituents is 1. The van der Waals surface area contributed by atoms with Crippen molar-refractivity contribution >= 4 is 29.2 Å². The van der Waals surface area contributed by atoms with Crippen molar-refractivity contribution in [2.75, 3.05) is 19.4 Å². The first kappa shape index (κ1) is 25.7. The van der Waals surface area contributed by atoms with E-state index in [0.29, 0.717) is 17.6 Å². The van der Waals surface area contributed by atoms with E-state index in [4.69, 9.17) is 5.73 Å². The molecule has 0 aliphatic heterocycles. The number of benzene rings is 1. The number of aliphatic hydroxyl groups excluding tert-OH is 2. The molecule has 0 aromatic heterocycles. The monoisotopic (exact) mass is 526 g/mol. The van der Waals surface area contributed by atoms with Gasteiger partial charge in [0.1, 0.15) is 22.8 Å². The topological polar surface area (TPSA) is 203 Å². The van der Waals surface area contributed by atoms with E-state index in [2.05, 4.69) is 10.6 Å². The van der Waals surface area contributed by atoms with E-state index in [0.717, 1.165) is 18.4 Å². The van der Waals surface area contributed by atoms with Crippen LogP contribution in [0.2, 0.25) is 0 Å². The Morgan fingerprint density at radius 2 is 1.76 bits per heavy atom. The number of phenols is 1. The fourth-order valence-electron chi connectivity index (χ4n) is 6.06. The average Bonchev–Trinajstić information content (AvgIpc) is 3.66. The Morgan fingerprint density at radius 3 is 2.37 bits per heavy atom. The zero-order valence-corrected chi connectivity index (χ0v) is 20.9. The summed E-state index contributed by atoms with van der Waals surface area (Å²) in [6.07, 6.45) is 2.12. The summed E-state index contributed by atoms with van der Waals surface area (Å²) in [5.41, 5.74) is 3.61. The highest BCUT2D eigenvalue weighted by molar-refractivity contribution is 6.39. The smallest absolute Gasteiger partial charge is 0.313 e. The molecule has 0 heterocycles. The third kappa shape index (κ3) is 3.82. The van der Waals surface area contributed by atoms with Gasteiger partial charge in [0.25, 0.3) is 5.91 Å². The Balaban J connectivity index is 1.53. The molecule has 1 aromatic carbocycles. The molecule has 8 N–H and O–H groups in total. The molecule has 0 saturated heterocycles. The van der Waals surface area contributed by atoms with Gasteiger partial charge in [-0.25, -0.2) is 0 Å². The number of ketones is 1. The normalized spacial score (nSPS) is 28.4. The van der Waals surface area contributed by atoms with Crippen LogP contribution in [0.4, 0.5) is 5.69 Å². The molecule has 0 bridgehead atoms. The van der Waals surface area contributed by atoms with Crippen LogP contribution in [0.5, 0.6) is 5.75 Å². The molecule has 202 valence electrons. The number of likely N-dealkylation sites (N-methyl/N-ethyl adjacent to an activating group) is 1. The second-order valence-corrected chi connectivity index (χ2v) is 10.7. The number of amides is 3. The summed E-state index contributed by atoms with van der Waals surface area (Å²) in [5.74, 6) is -6.86. The van der Waals surface area contributed by atoms with Gasteiger partial charge in [0, 0.05) is 23.9 Å². The van der Waals surface area contributed by atoms with Crippen molar-refractivity contribution in [1.29, 1.82) is 0 Å². The summed E-state index contributed by atoms with van der Waals surface area (Å²) < 4.78 is 0. The summed E-state index contributed by atoms with van der Waals surface area (Å²) in [4.78, 5) is 51.0. The molecular weight excluding hydrogens is 496 g/mol. The molecule has 5 rings (SSSR count). The predicted octanol–water partition coefficient (Wildman–Crippen LogP) is -0.302. The van der Waals surface area contributed by atoms with Gasteiger partial charge in [0.15, 0.2) is 11.4 Å². The minimum absolute atomic E-state index is 0.0131. The number of nitrogens with two attached hydrogens (primary N) is 1. The van der Waals surface area contributed by atoms with Crippen molar-refractivity contribution < 1.29 is 39.6 Å². The van der Waals surface area contributed by atoms with Gasteiger partial charge in [0.2, 0.25) is 0 Å². The molecule has 12 nitrogen and oxygen atoms in total. The SMILES string of the molecule is CN(C)[C@@H]1C(=O)C(C(N)=O)=C(O)C2(O)C(O)=C3Cc4c(ccc(NC(=O)C(=O)NC5CC5)c4O)CC3CC12. The largest absolute Gasteiger partial charge is 0.509 e. The highest BCUT2D eigenvalue weighted by Gasteiger charge is 2.61. The van der Waals surface area contributed by atoms with Crippen LogP contribution in [-0.2, 0) is 32.0 Å². The number of rotatable bonds is 4. The Labute approximate surface area is 217 Å². The lowest BCUT2D eigenvalue weighted by Crippen LogP contribution is -2.62. The molecule has 3 amide bonds. The Hall–Kier alpha value is -3.90. The summed E-state index contributed by atoms with van der Waals surface area (Å²) in [6, 6.07) is 2.15. The zero-order chi connectivity index (χ0) is 27.7. The highest BCUT2D eigenvalue weighted by atomic mass is 16.4. The standard InChI is InChI=1S/C26H30N4O8/c1-30(2)18-15-8-11-7-10-3-6-16(29-25(37)24(36)28-12-4-5-12)19(31)13(10)9-14(11)21(33)26(15,38)22(34)17(20(18)32)23(27)35/h3,6,11-12,15,18,31,33-34,38H,4-5,7-9H2,1-2H3,(H2,27,35)(H,28,36)(H,29,37)/t11?,15?,18-,26?/m0/s1. The van der Waals surface area contributed by atoms with Gasteiger partial charge < -0.3 is 36.8 Å². The number of aromatic hydroxyl groups is 1. The van der Waals surface area contributed by atoms with Gasteiger partial charge in [-0.3, -0.25) is 24.1 Å². The fourth-order valence-corrected chi connectivity index (χ4v) is 6.06. The maximum absolute atomic E-state index is 13.1. The van der Waals surface area contributed by atoms with E-state index in [1.54, 1.807) is 20.2 Å². The second-order valence-electron chi connectivity index (χ2n) is 10.7. The number of hydrogen-bond acceptors (Lipinski definition) is 9. The van der Waals surface area contributed by atoms with E-state index in [-0.39, 0.29) is 36.2 Å². The van der Waals surface area contributed by atoms with Gasteiger partial charge in [-0.05, 0) is 62.9 Å². The number of hydrogen-bond donors (Lipinski definition) is 7. The van der Waals surface area contributed by atoms with E-state index < -0.39 is 58.2 Å². The number of nitrogens with zero attached hydrogens (tertiary/aromatic N) is 1. The van der Waals surface area contributed by atoms with Crippen LogP contribution >= 0.6 is 0 Å². The molecule has 1 aromatic rings. The first-order chi connectivity index (χ1) is 17.9. The van der Waals surface area contributed by atoms with Crippen molar-refractivity contribution in [3.63, 3.8) is 0 Å². The van der Waals surface area contributed by atoms with Gasteiger partial charge in [-0.15, -0.1) is 0 Å². The zero-order valence-electron chi connectivity index (χ0n) is 20.9. The lowest BCUT2D eigenvalue weighted by atomic mass is 9.59. The number of anilines is 1. The van der Waals surface area contributed by atoms with E-state index in [9.17, 15) is 39.6 Å². The maximum Gasteiger partial charge on any atom is 0.313 e. The molecule has 4 aliphatic carbocycles. The molecule has 4 atom stereocenters. The van der Waals surface area contributed by atoms with Crippen molar-refractivity contribution in [3.8, 4) is 5.75 Å². The minimum atomic E-state index is -2.43.